The molecule has 68 valence electrons. The van der Waals surface area contributed by atoms with Crippen molar-refractivity contribution < 1.29 is 0 Å². The number of aromatic nitrogens is 2. The Labute approximate surface area is 76.4 Å². The molecule has 0 spiro atoms. The molecule has 4 nitrogen and oxygen atoms in total. The Morgan fingerprint density at radius 3 is 3.23 bits per heavy atom. The van der Waals surface area contributed by atoms with Gasteiger partial charge in [-0.15, -0.1) is 0 Å². The molecule has 2 aliphatic rings. The zero-order chi connectivity index (χ0) is 8.84. The second kappa shape index (κ2) is 2.43. The van der Waals surface area contributed by atoms with E-state index in [1.54, 1.807) is 0 Å². The SMILES string of the molecule is CC1NC2C=Cc3[nH]ncc3C2N1. The molecular weight excluding hydrogens is 164 g/mol. The van der Waals surface area contributed by atoms with Crippen LogP contribution in [0, 0.1) is 0 Å². The van der Waals surface area contributed by atoms with Gasteiger partial charge in [0.1, 0.15) is 0 Å². The molecule has 1 aromatic rings. The van der Waals surface area contributed by atoms with Crippen molar-refractivity contribution in [3.05, 3.63) is 23.5 Å². The van der Waals surface area contributed by atoms with Gasteiger partial charge in [0.2, 0.25) is 0 Å². The average Bonchev–Trinajstić information content (AvgIpc) is 2.65. The lowest BCUT2D eigenvalue weighted by Crippen LogP contribution is -2.29. The fraction of sp³-hybridized carbons (Fsp3) is 0.444. The standard InChI is InChI=1S/C9H12N4/c1-5-11-8-3-2-7-6(4-10-13-7)9(8)12-5/h2-5,8-9,11-12H,1H3,(H,10,13). The Morgan fingerprint density at radius 2 is 2.31 bits per heavy atom. The van der Waals surface area contributed by atoms with Crippen LogP contribution in [-0.4, -0.2) is 22.4 Å². The minimum absolute atomic E-state index is 0.375. The number of nitrogens with zero attached hydrogens (tertiary/aromatic N) is 1. The maximum absolute atomic E-state index is 4.05. The highest BCUT2D eigenvalue weighted by atomic mass is 15.2. The summed E-state index contributed by atoms with van der Waals surface area (Å²) < 4.78 is 0. The lowest BCUT2D eigenvalue weighted by molar-refractivity contribution is 0.568. The molecule has 1 fully saturated rings. The molecular formula is C9H12N4. The predicted molar refractivity (Wildman–Crippen MR) is 49.9 cm³/mol. The molecule has 13 heavy (non-hydrogen) atoms. The lowest BCUT2D eigenvalue weighted by atomic mass is 9.96. The topological polar surface area (TPSA) is 52.7 Å². The smallest absolute Gasteiger partial charge is 0.0623 e. The van der Waals surface area contributed by atoms with Gasteiger partial charge >= 0.3 is 0 Å². The van der Waals surface area contributed by atoms with Gasteiger partial charge in [0, 0.05) is 11.6 Å². The van der Waals surface area contributed by atoms with Gasteiger partial charge in [-0.3, -0.25) is 15.7 Å². The van der Waals surface area contributed by atoms with Gasteiger partial charge in [0.05, 0.1) is 24.1 Å². The number of nitrogens with one attached hydrogen (secondary N) is 3. The zero-order valence-corrected chi connectivity index (χ0v) is 7.41. The molecule has 3 rings (SSSR count). The fourth-order valence-corrected chi connectivity index (χ4v) is 2.14. The Bertz CT molecular complexity index is 354. The summed E-state index contributed by atoms with van der Waals surface area (Å²) >= 11 is 0. The maximum atomic E-state index is 4.05. The van der Waals surface area contributed by atoms with Crippen LogP contribution in [0.2, 0.25) is 0 Å². The Morgan fingerprint density at radius 1 is 1.38 bits per heavy atom. The molecule has 1 saturated heterocycles. The fourth-order valence-electron chi connectivity index (χ4n) is 2.14. The summed E-state index contributed by atoms with van der Waals surface area (Å²) in [5.41, 5.74) is 2.40. The molecule has 3 N–H and O–H groups in total. The quantitative estimate of drug-likeness (QED) is 0.536. The summed E-state index contributed by atoms with van der Waals surface area (Å²) in [6.45, 7) is 2.13. The average molecular weight is 176 g/mol. The first-order chi connectivity index (χ1) is 6.34. The Hall–Kier alpha value is -1.13. The van der Waals surface area contributed by atoms with Crippen molar-refractivity contribution in [2.75, 3.05) is 0 Å². The monoisotopic (exact) mass is 176 g/mol. The second-order valence-corrected chi connectivity index (χ2v) is 3.66. The van der Waals surface area contributed by atoms with Crippen molar-refractivity contribution in [1.29, 1.82) is 0 Å². The molecule has 0 amide bonds. The summed E-state index contributed by atoms with van der Waals surface area (Å²) in [6, 6.07) is 0.800. The summed E-state index contributed by atoms with van der Waals surface area (Å²) in [5, 5.41) is 13.9. The molecule has 1 aliphatic heterocycles. The lowest BCUT2D eigenvalue weighted by Gasteiger charge is -2.18. The number of aromatic amines is 1. The third-order valence-corrected chi connectivity index (χ3v) is 2.74. The molecule has 0 saturated carbocycles. The highest BCUT2D eigenvalue weighted by Gasteiger charge is 2.34. The molecule has 0 bridgehead atoms. The number of fused-ring (bicyclic) bond motifs is 3. The third-order valence-electron chi connectivity index (χ3n) is 2.74. The van der Waals surface area contributed by atoms with Crippen LogP contribution >= 0.6 is 0 Å². The van der Waals surface area contributed by atoms with E-state index in [0.29, 0.717) is 18.2 Å². The predicted octanol–water partition coefficient (Wildman–Crippen LogP) is 0.385. The third kappa shape index (κ3) is 0.959. The van der Waals surface area contributed by atoms with E-state index in [1.165, 1.54) is 5.56 Å². The Balaban J connectivity index is 2.05. The van der Waals surface area contributed by atoms with Crippen molar-refractivity contribution >= 4 is 6.08 Å². The number of rotatable bonds is 0. The molecule has 3 atom stereocenters. The first-order valence-corrected chi connectivity index (χ1v) is 4.58. The molecule has 0 aromatic carbocycles. The number of hydrogen-bond donors (Lipinski definition) is 3. The van der Waals surface area contributed by atoms with Crippen molar-refractivity contribution in [1.82, 2.24) is 20.8 Å². The minimum atomic E-state index is 0.375. The van der Waals surface area contributed by atoms with E-state index in [2.05, 4.69) is 39.9 Å². The molecule has 2 heterocycles. The maximum Gasteiger partial charge on any atom is 0.0623 e. The van der Waals surface area contributed by atoms with Gasteiger partial charge in [-0.25, -0.2) is 0 Å². The van der Waals surface area contributed by atoms with Gasteiger partial charge in [0.15, 0.2) is 0 Å². The molecule has 1 aromatic heterocycles. The van der Waals surface area contributed by atoms with Gasteiger partial charge in [-0.05, 0) is 13.0 Å². The van der Waals surface area contributed by atoms with E-state index in [9.17, 15) is 0 Å². The first kappa shape index (κ1) is 7.29. The zero-order valence-electron chi connectivity index (χ0n) is 7.41. The van der Waals surface area contributed by atoms with Crippen molar-refractivity contribution in [2.45, 2.75) is 25.2 Å². The van der Waals surface area contributed by atoms with Crippen LogP contribution in [0.15, 0.2) is 12.3 Å². The van der Waals surface area contributed by atoms with Gasteiger partial charge < -0.3 is 0 Å². The van der Waals surface area contributed by atoms with E-state index in [0.717, 1.165) is 5.69 Å². The number of H-pyrrole nitrogens is 1. The van der Waals surface area contributed by atoms with Crippen LogP contribution in [0.4, 0.5) is 0 Å². The normalized spacial score (nSPS) is 35.9. The summed E-state index contributed by atoms with van der Waals surface area (Å²) in [7, 11) is 0. The van der Waals surface area contributed by atoms with E-state index >= 15 is 0 Å². The van der Waals surface area contributed by atoms with E-state index in [4.69, 9.17) is 0 Å². The summed E-state index contributed by atoms with van der Waals surface area (Å²) in [4.78, 5) is 0. The highest BCUT2D eigenvalue weighted by molar-refractivity contribution is 5.55. The highest BCUT2D eigenvalue weighted by Crippen LogP contribution is 2.29. The molecule has 1 aliphatic carbocycles. The summed E-state index contributed by atoms with van der Waals surface area (Å²) in [6.07, 6.45) is 6.56. The van der Waals surface area contributed by atoms with Crippen LogP contribution in [0.1, 0.15) is 24.2 Å². The van der Waals surface area contributed by atoms with Crippen LogP contribution in [0.25, 0.3) is 6.08 Å². The minimum Gasteiger partial charge on any atom is -0.294 e. The molecule has 3 unspecified atom stereocenters. The molecule has 0 radical (unpaired) electrons. The van der Waals surface area contributed by atoms with Crippen LogP contribution in [0.5, 0.6) is 0 Å². The van der Waals surface area contributed by atoms with E-state index in [-0.39, 0.29) is 0 Å². The largest absolute Gasteiger partial charge is 0.294 e. The van der Waals surface area contributed by atoms with Crippen LogP contribution < -0.4 is 10.6 Å². The number of hydrogen-bond acceptors (Lipinski definition) is 3. The van der Waals surface area contributed by atoms with Crippen LogP contribution in [-0.2, 0) is 0 Å². The first-order valence-electron chi connectivity index (χ1n) is 4.58. The van der Waals surface area contributed by atoms with E-state index < -0.39 is 0 Å². The van der Waals surface area contributed by atoms with Gasteiger partial charge in [-0.2, -0.15) is 5.10 Å². The van der Waals surface area contributed by atoms with Gasteiger partial charge in [-0.1, -0.05) is 6.08 Å². The van der Waals surface area contributed by atoms with Crippen molar-refractivity contribution in [2.24, 2.45) is 0 Å². The Kier molecular flexibility index (Phi) is 1.36. The van der Waals surface area contributed by atoms with Crippen molar-refractivity contribution in [3.63, 3.8) is 0 Å². The van der Waals surface area contributed by atoms with E-state index in [1.807, 2.05) is 6.20 Å². The van der Waals surface area contributed by atoms with Crippen LogP contribution in [0.3, 0.4) is 0 Å². The second-order valence-electron chi connectivity index (χ2n) is 3.66. The summed E-state index contributed by atoms with van der Waals surface area (Å²) in [5.74, 6) is 0. The molecule has 4 heteroatoms. The van der Waals surface area contributed by atoms with Crippen molar-refractivity contribution in [3.8, 4) is 0 Å². The van der Waals surface area contributed by atoms with Gasteiger partial charge in [0.25, 0.3) is 0 Å².